The molecule has 2 N–H and O–H groups in total. The van der Waals surface area contributed by atoms with E-state index in [1.165, 1.54) is 11.1 Å². The van der Waals surface area contributed by atoms with Crippen molar-refractivity contribution in [1.82, 2.24) is 10.2 Å². The molecule has 4 heteroatoms. The van der Waals surface area contributed by atoms with Gasteiger partial charge in [0.2, 0.25) is 0 Å². The summed E-state index contributed by atoms with van der Waals surface area (Å²) in [5.41, 5.74) is 4.84. The van der Waals surface area contributed by atoms with Crippen LogP contribution in [0.4, 0.5) is 0 Å². The molecule has 0 aromatic heterocycles. The fraction of sp³-hybridized carbons (Fsp3) is 0.350. The average molecular weight is 323 g/mol. The standard InChI is InChI=1S/C20H25N3O/c1-2-21-20(22-13-17-8-4-6-10-19(17)15-24)23-12-11-16-7-3-5-9-18(16)14-23/h3-10,24H,2,11-15H2,1H3,(H,21,22). The van der Waals surface area contributed by atoms with E-state index in [2.05, 4.69) is 41.4 Å². The highest BCUT2D eigenvalue weighted by Gasteiger charge is 2.18. The molecule has 0 unspecified atom stereocenters. The van der Waals surface area contributed by atoms with Crippen LogP contribution < -0.4 is 5.32 Å². The Hall–Kier alpha value is -2.33. The van der Waals surface area contributed by atoms with Gasteiger partial charge in [-0.05, 0) is 35.6 Å². The molecule has 1 heterocycles. The van der Waals surface area contributed by atoms with Crippen LogP contribution in [-0.2, 0) is 26.1 Å². The molecule has 0 bridgehead atoms. The van der Waals surface area contributed by atoms with E-state index < -0.39 is 0 Å². The molecule has 2 aromatic rings. The monoisotopic (exact) mass is 323 g/mol. The zero-order valence-electron chi connectivity index (χ0n) is 14.2. The van der Waals surface area contributed by atoms with Crippen molar-refractivity contribution in [2.45, 2.75) is 33.0 Å². The second-order valence-electron chi connectivity index (χ2n) is 6.04. The smallest absolute Gasteiger partial charge is 0.194 e. The van der Waals surface area contributed by atoms with Crippen molar-refractivity contribution in [3.05, 3.63) is 70.8 Å². The summed E-state index contributed by atoms with van der Waals surface area (Å²) in [7, 11) is 0. The van der Waals surface area contributed by atoms with Crippen molar-refractivity contribution in [1.29, 1.82) is 0 Å². The van der Waals surface area contributed by atoms with Crippen LogP contribution in [-0.4, -0.2) is 29.1 Å². The maximum Gasteiger partial charge on any atom is 0.194 e. The number of aliphatic hydroxyl groups excluding tert-OH is 1. The molecule has 0 atom stereocenters. The maximum atomic E-state index is 9.47. The Balaban J connectivity index is 1.77. The lowest BCUT2D eigenvalue weighted by Crippen LogP contribution is -2.44. The Morgan fingerprint density at radius 1 is 1.08 bits per heavy atom. The molecule has 4 nitrogen and oxygen atoms in total. The Labute approximate surface area is 143 Å². The lowest BCUT2D eigenvalue weighted by atomic mass is 10.0. The van der Waals surface area contributed by atoms with E-state index in [-0.39, 0.29) is 6.61 Å². The minimum absolute atomic E-state index is 0.0549. The number of aliphatic imine (C=N–C) groups is 1. The van der Waals surface area contributed by atoms with Gasteiger partial charge in [0.1, 0.15) is 0 Å². The first kappa shape index (κ1) is 16.5. The van der Waals surface area contributed by atoms with E-state index in [0.717, 1.165) is 43.1 Å². The van der Waals surface area contributed by atoms with Gasteiger partial charge in [-0.3, -0.25) is 0 Å². The summed E-state index contributed by atoms with van der Waals surface area (Å²) in [6, 6.07) is 16.6. The summed E-state index contributed by atoms with van der Waals surface area (Å²) < 4.78 is 0. The van der Waals surface area contributed by atoms with Crippen LogP contribution in [0.25, 0.3) is 0 Å². The van der Waals surface area contributed by atoms with Gasteiger partial charge in [-0.25, -0.2) is 4.99 Å². The molecule has 0 saturated heterocycles. The minimum Gasteiger partial charge on any atom is -0.392 e. The lowest BCUT2D eigenvalue weighted by Gasteiger charge is -2.31. The van der Waals surface area contributed by atoms with Crippen LogP contribution in [0.5, 0.6) is 0 Å². The first-order valence-electron chi connectivity index (χ1n) is 8.59. The summed E-state index contributed by atoms with van der Waals surface area (Å²) >= 11 is 0. The van der Waals surface area contributed by atoms with E-state index in [4.69, 9.17) is 4.99 Å². The van der Waals surface area contributed by atoms with Crippen molar-refractivity contribution in [3.8, 4) is 0 Å². The molecule has 24 heavy (non-hydrogen) atoms. The Morgan fingerprint density at radius 2 is 1.79 bits per heavy atom. The van der Waals surface area contributed by atoms with Gasteiger partial charge < -0.3 is 15.3 Å². The number of rotatable bonds is 4. The number of nitrogens with zero attached hydrogens (tertiary/aromatic N) is 2. The quantitative estimate of drug-likeness (QED) is 0.672. The first-order valence-corrected chi connectivity index (χ1v) is 8.59. The van der Waals surface area contributed by atoms with E-state index in [9.17, 15) is 5.11 Å². The number of benzene rings is 2. The van der Waals surface area contributed by atoms with Gasteiger partial charge in [-0.15, -0.1) is 0 Å². The van der Waals surface area contributed by atoms with Crippen LogP contribution in [0, 0.1) is 0 Å². The van der Waals surface area contributed by atoms with Gasteiger partial charge in [0.05, 0.1) is 13.2 Å². The van der Waals surface area contributed by atoms with E-state index in [1.807, 2.05) is 24.3 Å². The third-order valence-electron chi connectivity index (χ3n) is 4.45. The van der Waals surface area contributed by atoms with Crippen LogP contribution in [0.2, 0.25) is 0 Å². The summed E-state index contributed by atoms with van der Waals surface area (Å²) in [4.78, 5) is 7.12. The summed E-state index contributed by atoms with van der Waals surface area (Å²) in [5.74, 6) is 0.944. The summed E-state index contributed by atoms with van der Waals surface area (Å²) in [6.45, 7) is 5.44. The number of aliphatic hydroxyl groups is 1. The molecule has 1 aliphatic rings. The van der Waals surface area contributed by atoms with Gasteiger partial charge in [-0.2, -0.15) is 0 Å². The SMILES string of the molecule is CCNC(=NCc1ccccc1CO)N1CCc2ccccc2C1. The number of hydrogen-bond acceptors (Lipinski definition) is 2. The molecule has 0 fully saturated rings. The molecule has 2 aromatic carbocycles. The summed E-state index contributed by atoms with van der Waals surface area (Å²) in [6.07, 6.45) is 1.05. The van der Waals surface area contributed by atoms with Crippen LogP contribution in [0.3, 0.4) is 0 Å². The number of guanidine groups is 1. The average Bonchev–Trinajstić information content (AvgIpc) is 2.65. The maximum absolute atomic E-state index is 9.47. The Morgan fingerprint density at radius 3 is 2.54 bits per heavy atom. The number of hydrogen-bond donors (Lipinski definition) is 2. The molecule has 0 amide bonds. The topological polar surface area (TPSA) is 47.9 Å². The van der Waals surface area contributed by atoms with Gasteiger partial charge in [0, 0.05) is 19.6 Å². The van der Waals surface area contributed by atoms with Gasteiger partial charge in [-0.1, -0.05) is 48.5 Å². The first-order chi connectivity index (χ1) is 11.8. The zero-order valence-corrected chi connectivity index (χ0v) is 14.2. The van der Waals surface area contributed by atoms with Gasteiger partial charge in [0.15, 0.2) is 5.96 Å². The van der Waals surface area contributed by atoms with Crippen LogP contribution in [0.1, 0.15) is 29.2 Å². The minimum atomic E-state index is 0.0549. The zero-order chi connectivity index (χ0) is 16.8. The Bertz CT molecular complexity index is 712. The molecular formula is C20H25N3O. The highest BCUT2D eigenvalue weighted by Crippen LogP contribution is 2.19. The lowest BCUT2D eigenvalue weighted by molar-refractivity contribution is 0.280. The molecule has 0 radical (unpaired) electrons. The number of nitrogens with one attached hydrogen (secondary N) is 1. The Kier molecular flexibility index (Phi) is 5.49. The second kappa shape index (κ2) is 7.97. The molecule has 126 valence electrons. The molecule has 0 spiro atoms. The number of fused-ring (bicyclic) bond motifs is 1. The van der Waals surface area contributed by atoms with Crippen molar-refractivity contribution >= 4 is 5.96 Å². The van der Waals surface area contributed by atoms with Crippen molar-refractivity contribution < 1.29 is 5.11 Å². The second-order valence-corrected chi connectivity index (χ2v) is 6.04. The van der Waals surface area contributed by atoms with E-state index >= 15 is 0 Å². The predicted molar refractivity (Wildman–Crippen MR) is 97.7 cm³/mol. The molecule has 0 aliphatic carbocycles. The van der Waals surface area contributed by atoms with E-state index in [0.29, 0.717) is 6.54 Å². The summed E-state index contributed by atoms with van der Waals surface area (Å²) in [5, 5.41) is 12.9. The van der Waals surface area contributed by atoms with Gasteiger partial charge >= 0.3 is 0 Å². The normalized spacial score (nSPS) is 14.4. The van der Waals surface area contributed by atoms with Crippen molar-refractivity contribution in [3.63, 3.8) is 0 Å². The molecule has 3 rings (SSSR count). The van der Waals surface area contributed by atoms with Crippen molar-refractivity contribution in [2.75, 3.05) is 13.1 Å². The highest BCUT2D eigenvalue weighted by atomic mass is 16.3. The predicted octanol–water partition coefficient (Wildman–Crippen LogP) is 2.70. The fourth-order valence-electron chi connectivity index (χ4n) is 3.13. The largest absolute Gasteiger partial charge is 0.392 e. The molecule has 0 saturated carbocycles. The molecular weight excluding hydrogens is 298 g/mol. The third kappa shape index (κ3) is 3.77. The van der Waals surface area contributed by atoms with Crippen LogP contribution >= 0.6 is 0 Å². The fourth-order valence-corrected chi connectivity index (χ4v) is 3.13. The van der Waals surface area contributed by atoms with Crippen LogP contribution in [0.15, 0.2) is 53.5 Å². The van der Waals surface area contributed by atoms with Gasteiger partial charge in [0.25, 0.3) is 0 Å². The molecule has 1 aliphatic heterocycles. The van der Waals surface area contributed by atoms with Crippen molar-refractivity contribution in [2.24, 2.45) is 4.99 Å². The van der Waals surface area contributed by atoms with E-state index in [1.54, 1.807) is 0 Å². The highest BCUT2D eigenvalue weighted by molar-refractivity contribution is 5.80. The third-order valence-corrected chi connectivity index (χ3v) is 4.45.